The third-order valence-corrected chi connectivity index (χ3v) is 3.34. The van der Waals surface area contributed by atoms with E-state index < -0.39 is 0 Å². The minimum absolute atomic E-state index is 0. The third-order valence-electron chi connectivity index (χ3n) is 3.34. The van der Waals surface area contributed by atoms with Crippen LogP contribution in [0.3, 0.4) is 0 Å². The molecule has 0 N–H and O–H groups in total. The van der Waals surface area contributed by atoms with Crippen LogP contribution in [0.15, 0.2) is 0 Å². The molecule has 0 amide bonds. The van der Waals surface area contributed by atoms with E-state index in [1.165, 1.54) is 12.8 Å². The van der Waals surface area contributed by atoms with Gasteiger partial charge >= 0.3 is 26.2 Å². The Balaban J connectivity index is 0. The zero-order valence-electron chi connectivity index (χ0n) is 12.4. The molecule has 0 heterocycles. The van der Waals surface area contributed by atoms with Crippen LogP contribution in [0.25, 0.3) is 10.6 Å². The van der Waals surface area contributed by atoms with Gasteiger partial charge in [0.25, 0.3) is 0 Å². The maximum absolute atomic E-state index is 4.73. The van der Waals surface area contributed by atoms with Gasteiger partial charge in [-0.2, -0.15) is 38.9 Å². The summed E-state index contributed by atoms with van der Waals surface area (Å²) >= 11 is 0. The molecule has 1 fully saturated rings. The van der Waals surface area contributed by atoms with E-state index in [2.05, 4.69) is 33.0 Å². The molecule has 0 aliphatic heterocycles. The average Bonchev–Trinajstić information content (AvgIpc) is 2.45. The van der Waals surface area contributed by atoms with Crippen LogP contribution in [0.4, 0.5) is 0 Å². The summed E-state index contributed by atoms with van der Waals surface area (Å²) in [7, 11) is 1.92. The maximum Gasteiger partial charge on any atom is 4.00 e. The molecule has 0 aromatic rings. The van der Waals surface area contributed by atoms with Crippen molar-refractivity contribution in [1.29, 1.82) is 0 Å². The van der Waals surface area contributed by atoms with Crippen LogP contribution in [0.2, 0.25) is 0 Å². The quantitative estimate of drug-likeness (QED) is 0.695. The van der Waals surface area contributed by atoms with Crippen molar-refractivity contribution in [1.82, 2.24) is 0 Å². The average molecular weight is 316 g/mol. The van der Waals surface area contributed by atoms with E-state index in [1.807, 2.05) is 7.05 Å². The van der Waals surface area contributed by atoms with Gasteiger partial charge in [0.1, 0.15) is 0 Å². The van der Waals surface area contributed by atoms with Gasteiger partial charge in [-0.05, 0) is 0 Å². The molecule has 17 heavy (non-hydrogen) atoms. The summed E-state index contributed by atoms with van der Waals surface area (Å²) < 4.78 is 0. The minimum Gasteiger partial charge on any atom is -0.667 e. The second-order valence-corrected chi connectivity index (χ2v) is 5.73. The summed E-state index contributed by atoms with van der Waals surface area (Å²) in [5.41, 5.74) is 0.119. The van der Waals surface area contributed by atoms with Gasteiger partial charge in [-0.1, -0.05) is 33.6 Å². The molecule has 0 spiro atoms. The van der Waals surface area contributed by atoms with Crippen LogP contribution in [0, 0.1) is 25.2 Å². The second-order valence-electron chi connectivity index (χ2n) is 5.73. The number of rotatable bonds is 4. The van der Waals surface area contributed by atoms with Gasteiger partial charge in [-0.3, -0.25) is 0 Å². The first kappa shape index (κ1) is 20.1. The van der Waals surface area contributed by atoms with Gasteiger partial charge in [0.05, 0.1) is 0 Å². The van der Waals surface area contributed by atoms with Gasteiger partial charge in [0, 0.05) is 0 Å². The maximum atomic E-state index is 4.73. The van der Waals surface area contributed by atoms with Crippen LogP contribution in [0.1, 0.15) is 40.5 Å². The van der Waals surface area contributed by atoms with Crippen molar-refractivity contribution in [2.24, 2.45) is 11.8 Å². The fourth-order valence-corrected chi connectivity index (χ4v) is 2.27. The molecular weight excluding hydrogens is 287 g/mol. The van der Waals surface area contributed by atoms with Crippen molar-refractivity contribution in [3.8, 4) is 0 Å². The first-order valence-electron chi connectivity index (χ1n) is 6.01. The van der Waals surface area contributed by atoms with Gasteiger partial charge in [0.2, 0.25) is 0 Å². The Morgan fingerprint density at radius 1 is 1.12 bits per heavy atom. The van der Waals surface area contributed by atoms with Crippen LogP contribution in [-0.2, 0) is 26.2 Å². The van der Waals surface area contributed by atoms with E-state index in [9.17, 15) is 0 Å². The Labute approximate surface area is 128 Å². The summed E-state index contributed by atoms with van der Waals surface area (Å²) in [6, 6.07) is 0. The summed E-state index contributed by atoms with van der Waals surface area (Å²) in [4.78, 5) is 0. The normalized spacial score (nSPS) is 25.2. The summed E-state index contributed by atoms with van der Waals surface area (Å²) in [6.07, 6.45) is 2.62. The first-order valence-corrected chi connectivity index (χ1v) is 6.01. The van der Waals surface area contributed by atoms with Gasteiger partial charge in [-0.15, -0.1) is 5.54 Å². The molecule has 2 unspecified atom stereocenters. The Hall–Kier alpha value is 0.803. The largest absolute Gasteiger partial charge is 4.00 e. The molecule has 0 radical (unpaired) electrons. The molecule has 1 saturated carbocycles. The molecule has 1 aliphatic rings. The Morgan fingerprint density at radius 3 is 2.00 bits per heavy atom. The molecule has 1 aliphatic carbocycles. The molecule has 0 aromatic carbocycles. The molecule has 98 valence electrons. The van der Waals surface area contributed by atoms with Crippen molar-refractivity contribution < 1.29 is 26.2 Å². The van der Waals surface area contributed by atoms with Gasteiger partial charge in [-0.25, -0.2) is 0 Å². The first-order chi connectivity index (χ1) is 6.94. The van der Waals surface area contributed by atoms with Crippen LogP contribution in [-0.4, -0.2) is 25.7 Å². The van der Waals surface area contributed by atoms with Gasteiger partial charge in [0.15, 0.2) is 0 Å². The number of hydrogen-bond acceptors (Lipinski definition) is 0. The van der Waals surface area contributed by atoms with Crippen molar-refractivity contribution in [2.45, 2.75) is 46.1 Å². The smallest absolute Gasteiger partial charge is 0.667 e. The fourth-order valence-electron chi connectivity index (χ4n) is 2.27. The Morgan fingerprint density at radius 2 is 1.59 bits per heavy atom. The van der Waals surface area contributed by atoms with Crippen molar-refractivity contribution in [3.05, 3.63) is 24.0 Å². The predicted octanol–water partition coefficient (Wildman–Crippen LogP) is 4.23. The second kappa shape index (κ2) is 8.83. The Bertz CT molecular complexity index is 189. The van der Waals surface area contributed by atoms with E-state index in [4.69, 9.17) is 5.32 Å². The monoisotopic (exact) mass is 314 g/mol. The van der Waals surface area contributed by atoms with E-state index in [-0.39, 0.29) is 39.2 Å². The standard InChI is InChI=1S/C13H25N2.CH3.Zr/c1-10-11(8-14-5)6-7-12(10)9-15-13(2,3)4;;/h11-12H,6-9H2,1-5H3;1H3;/q-3;-1;+4. The van der Waals surface area contributed by atoms with E-state index in [0.717, 1.165) is 24.9 Å². The summed E-state index contributed by atoms with van der Waals surface area (Å²) in [5.74, 6) is 3.08. The summed E-state index contributed by atoms with van der Waals surface area (Å²) in [5, 5.41) is 8.99. The molecular formula is C14H28N2Zr. The van der Waals surface area contributed by atoms with E-state index in [0.29, 0.717) is 0 Å². The van der Waals surface area contributed by atoms with Crippen molar-refractivity contribution in [2.75, 3.05) is 20.1 Å². The van der Waals surface area contributed by atoms with Crippen LogP contribution in [0.5, 0.6) is 0 Å². The number of hydrogen-bond donors (Lipinski definition) is 0. The molecule has 0 aromatic heterocycles. The third kappa shape index (κ3) is 7.08. The molecule has 0 saturated heterocycles. The number of nitrogens with zero attached hydrogens (tertiary/aromatic N) is 2. The zero-order valence-corrected chi connectivity index (χ0v) is 14.8. The molecule has 2 atom stereocenters. The fraction of sp³-hybridized carbons (Fsp3) is 0.857. The van der Waals surface area contributed by atoms with Crippen molar-refractivity contribution >= 4 is 0 Å². The molecule has 3 heteroatoms. The van der Waals surface area contributed by atoms with Crippen LogP contribution < -0.4 is 0 Å². The SMILES string of the molecule is C[N-]CC1CCC(C[N-]C(C)(C)C)[C-]1C.[CH3-].[Zr+4]. The van der Waals surface area contributed by atoms with E-state index >= 15 is 0 Å². The van der Waals surface area contributed by atoms with Gasteiger partial charge < -0.3 is 24.0 Å². The van der Waals surface area contributed by atoms with Crippen LogP contribution >= 0.6 is 0 Å². The topological polar surface area (TPSA) is 28.2 Å². The summed E-state index contributed by atoms with van der Waals surface area (Å²) in [6.45, 7) is 10.8. The predicted molar refractivity (Wildman–Crippen MR) is 73.7 cm³/mol. The molecule has 0 bridgehead atoms. The minimum atomic E-state index is 0. The van der Waals surface area contributed by atoms with E-state index in [1.54, 1.807) is 5.92 Å². The Kier molecular flexibility index (Phi) is 10.5. The molecule has 2 nitrogen and oxygen atoms in total. The zero-order chi connectivity index (χ0) is 11.5. The van der Waals surface area contributed by atoms with Crippen molar-refractivity contribution in [3.63, 3.8) is 0 Å². The molecule has 1 rings (SSSR count).